The summed E-state index contributed by atoms with van der Waals surface area (Å²) in [4.78, 5) is 116. The predicted octanol–water partition coefficient (Wildman–Crippen LogP) is 0.711. The summed E-state index contributed by atoms with van der Waals surface area (Å²) in [5, 5.41) is 25.1. The molecule has 25 heteroatoms. The molecule has 68 heavy (non-hydrogen) atoms. The number of thiazole rings is 1. The van der Waals surface area contributed by atoms with Crippen LogP contribution in [-0.2, 0) is 62.2 Å². The summed E-state index contributed by atoms with van der Waals surface area (Å²) in [6.07, 6.45) is 7.89. The molecule has 1 aromatic carbocycles. The quantitative estimate of drug-likeness (QED) is 0.0215. The standard InChI is InChI=1S/C43H64N11O12PS/c1-27(2)19-33(49-42(61)36-15-12-17-54(36)29(4)56)39(58)48-34(40(59)50-35(25-55)41(60)51-37(38(44)57)28(3)66-67(62,63)64)20-31-21-45-26-53(31)16-10-7-11-18-65-47-23-32-22-46-43(68-32)52(5)24-30-13-8-6-9-14-30/h6,8-9,13-14,21-23,26-28,33-37,55H,7,10-12,15-20,24-25H2,1-5H3,(H2,44,57)(H,48,58)(H,49,61)(H,50,59)(H,51,60)(H2,62,63,64)/b47-23+/t28-,33+,34+,35+,36+,37+/m1/s1. The van der Waals surface area contributed by atoms with Gasteiger partial charge >= 0.3 is 7.82 Å². The second-order valence-corrected chi connectivity index (χ2v) is 19.1. The summed E-state index contributed by atoms with van der Waals surface area (Å²) >= 11 is 1.49. The highest BCUT2D eigenvalue weighted by molar-refractivity contribution is 7.46. The Hall–Kier alpha value is -5.78. The number of rotatable bonds is 28. The van der Waals surface area contributed by atoms with E-state index in [1.54, 1.807) is 23.3 Å². The maximum absolute atomic E-state index is 14.1. The highest BCUT2D eigenvalue weighted by Gasteiger charge is 2.37. The van der Waals surface area contributed by atoms with E-state index in [1.807, 2.05) is 39.1 Å². The first-order chi connectivity index (χ1) is 32.3. The van der Waals surface area contributed by atoms with Gasteiger partial charge in [0.15, 0.2) is 5.13 Å². The molecule has 23 nitrogen and oxygen atoms in total. The predicted molar refractivity (Wildman–Crippen MR) is 250 cm³/mol. The van der Waals surface area contributed by atoms with Gasteiger partial charge in [-0.1, -0.05) is 60.7 Å². The van der Waals surface area contributed by atoms with Crippen LogP contribution in [0, 0.1) is 5.92 Å². The van der Waals surface area contributed by atoms with Gasteiger partial charge in [-0.3, -0.25) is 33.3 Å². The SMILES string of the molecule is CC(=O)N1CCC[C@H]1C(=O)N[C@@H](CC(C)C)C(=O)N[C@@H](Cc1cncn1CCCCCO/N=C/c1cnc(N(C)Cc2ccccc2)s1)C(=O)N[C@@H](CO)C(=O)N[C@H](C(N)=O)[C@@H](C)OP(=O)(O)O. The molecule has 0 radical (unpaired) electrons. The molecule has 1 aliphatic heterocycles. The van der Waals surface area contributed by atoms with E-state index >= 15 is 0 Å². The first-order valence-corrected chi connectivity index (χ1v) is 24.6. The number of aromatic nitrogens is 3. The van der Waals surface area contributed by atoms with E-state index < -0.39 is 80.3 Å². The Labute approximate surface area is 398 Å². The number of imidazole rings is 1. The topological polar surface area (TPSA) is 322 Å². The Morgan fingerprint density at radius 2 is 1.68 bits per heavy atom. The summed E-state index contributed by atoms with van der Waals surface area (Å²) in [6.45, 7) is 7.04. The van der Waals surface area contributed by atoms with Crippen molar-refractivity contribution in [2.45, 2.75) is 122 Å². The van der Waals surface area contributed by atoms with Crippen molar-refractivity contribution in [2.75, 3.05) is 31.7 Å². The molecule has 374 valence electrons. The van der Waals surface area contributed by atoms with Crippen molar-refractivity contribution in [3.05, 3.63) is 65.2 Å². The molecule has 6 atom stereocenters. The molecule has 0 spiro atoms. The number of nitrogens with one attached hydrogen (secondary N) is 4. The smallest absolute Gasteiger partial charge is 0.396 e. The van der Waals surface area contributed by atoms with Crippen LogP contribution in [0.25, 0.3) is 0 Å². The number of carbonyl (C=O) groups is 6. The number of aliphatic hydroxyl groups excluding tert-OH is 1. The van der Waals surface area contributed by atoms with Crippen molar-refractivity contribution in [3.8, 4) is 0 Å². The third-order valence-corrected chi connectivity index (χ3v) is 12.5. The molecule has 0 aliphatic carbocycles. The Bertz CT molecular complexity index is 2220. The molecule has 0 bridgehead atoms. The number of phosphoric ester groups is 1. The molecule has 1 saturated heterocycles. The van der Waals surface area contributed by atoms with Crippen LogP contribution in [0.2, 0.25) is 0 Å². The van der Waals surface area contributed by atoms with Gasteiger partial charge in [0.1, 0.15) is 36.8 Å². The fraction of sp³-hybridized carbons (Fsp3) is 0.558. The van der Waals surface area contributed by atoms with Crippen LogP contribution >= 0.6 is 19.2 Å². The number of anilines is 1. The van der Waals surface area contributed by atoms with Crippen molar-refractivity contribution in [2.24, 2.45) is 16.8 Å². The number of primary amides is 1. The second kappa shape index (κ2) is 26.7. The Kier molecular flexibility index (Phi) is 21.5. The summed E-state index contributed by atoms with van der Waals surface area (Å²) in [6, 6.07) is 3.20. The first-order valence-electron chi connectivity index (χ1n) is 22.2. The summed E-state index contributed by atoms with van der Waals surface area (Å²) < 4.78 is 17.7. The molecule has 2 aromatic heterocycles. The monoisotopic (exact) mass is 989 g/mol. The van der Waals surface area contributed by atoms with Gasteiger partial charge in [-0.2, -0.15) is 0 Å². The molecule has 1 fully saturated rings. The van der Waals surface area contributed by atoms with E-state index in [2.05, 4.69) is 57.9 Å². The number of hydrogen-bond donors (Lipinski definition) is 8. The van der Waals surface area contributed by atoms with Gasteiger partial charge in [-0.25, -0.2) is 14.5 Å². The molecule has 9 N–H and O–H groups in total. The van der Waals surface area contributed by atoms with Crippen molar-refractivity contribution in [1.29, 1.82) is 0 Å². The molecule has 0 saturated carbocycles. The third-order valence-electron chi connectivity index (χ3n) is 10.8. The number of hydrogen-bond acceptors (Lipinski definition) is 15. The number of carbonyl (C=O) groups excluding carboxylic acids is 6. The zero-order valence-corrected chi connectivity index (χ0v) is 40.6. The van der Waals surface area contributed by atoms with Gasteiger partial charge in [-0.15, -0.1) is 0 Å². The fourth-order valence-electron chi connectivity index (χ4n) is 7.42. The lowest BCUT2D eigenvalue weighted by Gasteiger charge is -2.28. The number of nitrogens with two attached hydrogens (primary N) is 1. The van der Waals surface area contributed by atoms with E-state index in [9.17, 15) is 48.2 Å². The van der Waals surface area contributed by atoms with Gasteiger partial charge in [0.05, 0.1) is 30.1 Å². The summed E-state index contributed by atoms with van der Waals surface area (Å²) in [7, 11) is -3.15. The van der Waals surface area contributed by atoms with Crippen molar-refractivity contribution in [3.63, 3.8) is 0 Å². The van der Waals surface area contributed by atoms with E-state index in [0.29, 0.717) is 51.1 Å². The molecule has 3 heterocycles. The minimum absolute atomic E-state index is 0.105. The minimum Gasteiger partial charge on any atom is -0.396 e. The molecule has 6 amide bonds. The number of unbranched alkanes of at least 4 members (excludes halogenated alkanes) is 2. The van der Waals surface area contributed by atoms with Crippen LogP contribution in [-0.4, -0.2) is 139 Å². The molecular weight excluding hydrogens is 926 g/mol. The lowest BCUT2D eigenvalue weighted by atomic mass is 10.0. The Balaban J connectivity index is 1.41. The summed E-state index contributed by atoms with van der Waals surface area (Å²) in [5.41, 5.74) is 7.05. The van der Waals surface area contributed by atoms with E-state index in [1.165, 1.54) is 34.9 Å². The number of aliphatic hydroxyl groups is 1. The van der Waals surface area contributed by atoms with Gasteiger partial charge < -0.3 is 61.1 Å². The highest BCUT2D eigenvalue weighted by Crippen LogP contribution is 2.38. The average Bonchev–Trinajstić information content (AvgIpc) is 4.07. The zero-order chi connectivity index (χ0) is 50.0. The van der Waals surface area contributed by atoms with E-state index in [4.69, 9.17) is 10.6 Å². The lowest BCUT2D eigenvalue weighted by Crippen LogP contribution is -2.61. The second-order valence-electron chi connectivity index (χ2n) is 16.9. The number of oxime groups is 1. The van der Waals surface area contributed by atoms with Crippen molar-refractivity contribution >= 4 is 65.9 Å². The largest absolute Gasteiger partial charge is 0.469 e. The molecule has 3 aromatic rings. The number of phosphoric acid groups is 1. The number of amides is 6. The first kappa shape index (κ1) is 54.8. The van der Waals surface area contributed by atoms with Gasteiger partial charge in [0.25, 0.3) is 0 Å². The van der Waals surface area contributed by atoms with Gasteiger partial charge in [-0.05, 0) is 56.9 Å². The van der Waals surface area contributed by atoms with Gasteiger partial charge in [0.2, 0.25) is 35.4 Å². The normalized spacial score (nSPS) is 16.1. The number of likely N-dealkylation sites (tertiary alicyclic amines) is 1. The van der Waals surface area contributed by atoms with Crippen LogP contribution < -0.4 is 31.9 Å². The molecule has 1 aliphatic rings. The number of aryl methyl sites for hydroxylation is 1. The molecule has 4 rings (SSSR count). The maximum atomic E-state index is 14.1. The Morgan fingerprint density at radius 3 is 2.34 bits per heavy atom. The third kappa shape index (κ3) is 17.7. The van der Waals surface area contributed by atoms with Crippen LogP contribution in [0.5, 0.6) is 0 Å². The summed E-state index contributed by atoms with van der Waals surface area (Å²) in [5.74, 6) is -4.98. The maximum Gasteiger partial charge on any atom is 0.469 e. The lowest BCUT2D eigenvalue weighted by molar-refractivity contribution is -0.139. The van der Waals surface area contributed by atoms with Crippen LogP contribution in [0.4, 0.5) is 5.13 Å². The van der Waals surface area contributed by atoms with E-state index in [0.717, 1.165) is 29.9 Å². The van der Waals surface area contributed by atoms with Crippen molar-refractivity contribution in [1.82, 2.24) is 40.7 Å². The average molecular weight is 990 g/mol. The number of nitrogens with zero attached hydrogens (tertiary/aromatic N) is 6. The minimum atomic E-state index is -5.13. The Morgan fingerprint density at radius 1 is 0.985 bits per heavy atom. The van der Waals surface area contributed by atoms with Gasteiger partial charge in [0, 0.05) is 58.1 Å². The van der Waals surface area contributed by atoms with Crippen LogP contribution in [0.3, 0.4) is 0 Å². The zero-order valence-electron chi connectivity index (χ0n) is 38.9. The van der Waals surface area contributed by atoms with Crippen molar-refractivity contribution < 1.29 is 57.6 Å². The fourth-order valence-corrected chi connectivity index (χ4v) is 8.71. The number of benzene rings is 1. The molecular formula is C43H64N11O12PS. The molecule has 0 unspecified atom stereocenters. The van der Waals surface area contributed by atoms with E-state index in [-0.39, 0.29) is 24.7 Å². The highest BCUT2D eigenvalue weighted by atomic mass is 32.1. The van der Waals surface area contributed by atoms with Crippen LogP contribution in [0.1, 0.15) is 82.4 Å². The van der Waals surface area contributed by atoms with Crippen LogP contribution in [0.15, 0.2) is 54.2 Å².